The standard InChI is InChI=1S/C12H17NO/c1-3-14-11-4-5-12-9(2)13-7-6-10(12)8-11/h4-5,8-9,13H,3,6-7H2,1-2H3. The van der Waals surface area contributed by atoms with Gasteiger partial charge in [-0.25, -0.2) is 0 Å². The molecule has 1 atom stereocenters. The second kappa shape index (κ2) is 4.01. The molecule has 1 aliphatic rings. The quantitative estimate of drug-likeness (QED) is 0.774. The lowest BCUT2D eigenvalue weighted by molar-refractivity contribution is 0.339. The van der Waals surface area contributed by atoms with E-state index in [2.05, 4.69) is 30.4 Å². The summed E-state index contributed by atoms with van der Waals surface area (Å²) in [6.07, 6.45) is 1.11. The van der Waals surface area contributed by atoms with Gasteiger partial charge in [0.25, 0.3) is 0 Å². The first-order valence-electron chi connectivity index (χ1n) is 5.30. The van der Waals surface area contributed by atoms with Crippen molar-refractivity contribution in [1.29, 1.82) is 0 Å². The van der Waals surface area contributed by atoms with Gasteiger partial charge in [-0.2, -0.15) is 0 Å². The Kier molecular flexibility index (Phi) is 2.73. The van der Waals surface area contributed by atoms with Crippen molar-refractivity contribution in [2.45, 2.75) is 26.3 Å². The summed E-state index contributed by atoms with van der Waals surface area (Å²) in [6, 6.07) is 6.90. The van der Waals surface area contributed by atoms with Gasteiger partial charge in [-0.1, -0.05) is 6.07 Å². The van der Waals surface area contributed by atoms with Gasteiger partial charge in [-0.05, 0) is 50.1 Å². The highest BCUT2D eigenvalue weighted by Crippen LogP contribution is 2.26. The van der Waals surface area contributed by atoms with Crippen molar-refractivity contribution >= 4 is 0 Å². The molecule has 2 rings (SSSR count). The predicted molar refractivity (Wildman–Crippen MR) is 57.7 cm³/mol. The van der Waals surface area contributed by atoms with E-state index in [1.165, 1.54) is 11.1 Å². The zero-order valence-electron chi connectivity index (χ0n) is 8.84. The lowest BCUT2D eigenvalue weighted by atomic mass is 9.95. The SMILES string of the molecule is CCOc1ccc2c(c1)CCNC2C. The van der Waals surface area contributed by atoms with Crippen LogP contribution in [0.5, 0.6) is 5.75 Å². The minimum Gasteiger partial charge on any atom is -0.494 e. The molecule has 0 aromatic heterocycles. The Bertz CT molecular complexity index is 322. The topological polar surface area (TPSA) is 21.3 Å². The molecule has 0 saturated heterocycles. The lowest BCUT2D eigenvalue weighted by Gasteiger charge is -2.24. The van der Waals surface area contributed by atoms with Crippen molar-refractivity contribution in [3.05, 3.63) is 29.3 Å². The molecule has 2 nitrogen and oxygen atoms in total. The van der Waals surface area contributed by atoms with Crippen LogP contribution in [0.25, 0.3) is 0 Å². The number of ether oxygens (including phenoxy) is 1. The van der Waals surface area contributed by atoms with Crippen molar-refractivity contribution in [1.82, 2.24) is 5.32 Å². The molecule has 0 spiro atoms. The summed E-state index contributed by atoms with van der Waals surface area (Å²) in [6.45, 7) is 6.04. The van der Waals surface area contributed by atoms with Crippen LogP contribution in [0, 0.1) is 0 Å². The van der Waals surface area contributed by atoms with Gasteiger partial charge in [0.05, 0.1) is 6.61 Å². The Hall–Kier alpha value is -1.02. The average Bonchev–Trinajstić information content (AvgIpc) is 2.18. The summed E-state index contributed by atoms with van der Waals surface area (Å²) >= 11 is 0. The van der Waals surface area contributed by atoms with Crippen molar-refractivity contribution in [2.24, 2.45) is 0 Å². The third-order valence-corrected chi connectivity index (χ3v) is 2.74. The number of hydrogen-bond donors (Lipinski definition) is 1. The first kappa shape index (κ1) is 9.53. The third kappa shape index (κ3) is 1.75. The molecule has 14 heavy (non-hydrogen) atoms. The van der Waals surface area contributed by atoms with E-state index >= 15 is 0 Å². The van der Waals surface area contributed by atoms with Crippen molar-refractivity contribution in [3.8, 4) is 5.75 Å². The molecule has 1 N–H and O–H groups in total. The highest BCUT2D eigenvalue weighted by atomic mass is 16.5. The van der Waals surface area contributed by atoms with E-state index in [0.29, 0.717) is 6.04 Å². The summed E-state index contributed by atoms with van der Waals surface area (Å²) in [4.78, 5) is 0. The number of nitrogens with one attached hydrogen (secondary N) is 1. The molecule has 1 aliphatic heterocycles. The van der Waals surface area contributed by atoms with Crippen LogP contribution < -0.4 is 10.1 Å². The smallest absolute Gasteiger partial charge is 0.119 e. The van der Waals surface area contributed by atoms with E-state index in [4.69, 9.17) is 4.74 Å². The molecular weight excluding hydrogens is 174 g/mol. The molecule has 0 fully saturated rings. The van der Waals surface area contributed by atoms with Crippen LogP contribution in [0.1, 0.15) is 31.0 Å². The average molecular weight is 191 g/mol. The van der Waals surface area contributed by atoms with Gasteiger partial charge in [-0.3, -0.25) is 0 Å². The maximum atomic E-state index is 5.49. The Morgan fingerprint density at radius 2 is 2.36 bits per heavy atom. The number of benzene rings is 1. The molecule has 0 amide bonds. The largest absolute Gasteiger partial charge is 0.494 e. The van der Waals surface area contributed by atoms with Crippen molar-refractivity contribution in [3.63, 3.8) is 0 Å². The first-order valence-corrected chi connectivity index (χ1v) is 5.30. The Balaban J connectivity index is 2.29. The summed E-state index contributed by atoms with van der Waals surface area (Å²) in [5.74, 6) is 1.00. The van der Waals surface area contributed by atoms with Gasteiger partial charge < -0.3 is 10.1 Å². The molecule has 0 bridgehead atoms. The maximum absolute atomic E-state index is 5.49. The van der Waals surface area contributed by atoms with Crippen molar-refractivity contribution in [2.75, 3.05) is 13.2 Å². The Labute approximate surface area is 85.3 Å². The molecule has 76 valence electrons. The van der Waals surface area contributed by atoms with Gasteiger partial charge in [0.15, 0.2) is 0 Å². The molecule has 0 saturated carbocycles. The highest BCUT2D eigenvalue weighted by Gasteiger charge is 2.15. The van der Waals surface area contributed by atoms with Gasteiger partial charge in [0.1, 0.15) is 5.75 Å². The fourth-order valence-corrected chi connectivity index (χ4v) is 2.01. The highest BCUT2D eigenvalue weighted by molar-refractivity contribution is 5.38. The molecule has 1 aromatic carbocycles. The van der Waals surface area contributed by atoms with Gasteiger partial charge in [0.2, 0.25) is 0 Å². The Morgan fingerprint density at radius 1 is 1.50 bits per heavy atom. The van der Waals surface area contributed by atoms with Crippen LogP contribution in [0.2, 0.25) is 0 Å². The molecule has 1 heterocycles. The van der Waals surface area contributed by atoms with E-state index in [1.54, 1.807) is 0 Å². The van der Waals surface area contributed by atoms with E-state index in [0.717, 1.165) is 25.3 Å². The number of rotatable bonds is 2. The van der Waals surface area contributed by atoms with E-state index < -0.39 is 0 Å². The van der Waals surface area contributed by atoms with E-state index in [1.807, 2.05) is 6.92 Å². The first-order chi connectivity index (χ1) is 6.81. The Morgan fingerprint density at radius 3 is 3.14 bits per heavy atom. The summed E-state index contributed by atoms with van der Waals surface area (Å²) in [7, 11) is 0. The van der Waals surface area contributed by atoms with Gasteiger partial charge in [-0.15, -0.1) is 0 Å². The van der Waals surface area contributed by atoms with Gasteiger partial charge >= 0.3 is 0 Å². The fraction of sp³-hybridized carbons (Fsp3) is 0.500. The van der Waals surface area contributed by atoms with Crippen LogP contribution >= 0.6 is 0 Å². The normalized spacial score (nSPS) is 20.3. The molecular formula is C12H17NO. The second-order valence-electron chi connectivity index (χ2n) is 3.72. The van der Waals surface area contributed by atoms with E-state index in [-0.39, 0.29) is 0 Å². The van der Waals surface area contributed by atoms with E-state index in [9.17, 15) is 0 Å². The molecule has 1 unspecified atom stereocenters. The second-order valence-corrected chi connectivity index (χ2v) is 3.72. The van der Waals surface area contributed by atoms with Crippen LogP contribution in [-0.4, -0.2) is 13.2 Å². The minimum atomic E-state index is 0.481. The summed E-state index contributed by atoms with van der Waals surface area (Å²) < 4.78 is 5.49. The van der Waals surface area contributed by atoms with Gasteiger partial charge in [0, 0.05) is 6.04 Å². The van der Waals surface area contributed by atoms with Crippen molar-refractivity contribution < 1.29 is 4.74 Å². The molecule has 0 radical (unpaired) electrons. The predicted octanol–water partition coefficient (Wildman–Crippen LogP) is 2.29. The zero-order chi connectivity index (χ0) is 9.97. The lowest BCUT2D eigenvalue weighted by Crippen LogP contribution is -2.27. The maximum Gasteiger partial charge on any atom is 0.119 e. The molecule has 2 heteroatoms. The summed E-state index contributed by atoms with van der Waals surface area (Å²) in [5.41, 5.74) is 2.85. The minimum absolute atomic E-state index is 0.481. The third-order valence-electron chi connectivity index (χ3n) is 2.74. The number of hydrogen-bond acceptors (Lipinski definition) is 2. The summed E-state index contributed by atoms with van der Waals surface area (Å²) in [5, 5.41) is 3.45. The monoisotopic (exact) mass is 191 g/mol. The fourth-order valence-electron chi connectivity index (χ4n) is 2.01. The van der Waals surface area contributed by atoms with Crippen LogP contribution in [0.15, 0.2) is 18.2 Å². The van der Waals surface area contributed by atoms with Crippen LogP contribution in [0.3, 0.4) is 0 Å². The zero-order valence-corrected chi connectivity index (χ0v) is 8.84. The molecule has 0 aliphatic carbocycles. The molecule has 1 aromatic rings. The van der Waals surface area contributed by atoms with Crippen LogP contribution in [-0.2, 0) is 6.42 Å². The number of fused-ring (bicyclic) bond motifs is 1. The van der Waals surface area contributed by atoms with Crippen LogP contribution in [0.4, 0.5) is 0 Å².